The number of rotatable bonds is 1. The largest absolute Gasteiger partial charge is 0.338 e. The normalized spacial score (nSPS) is 20.4. The van der Waals surface area contributed by atoms with Crippen LogP contribution in [-0.2, 0) is 0 Å². The van der Waals surface area contributed by atoms with Crippen molar-refractivity contribution in [3.05, 3.63) is 35.1 Å². The van der Waals surface area contributed by atoms with Crippen molar-refractivity contribution in [2.75, 3.05) is 13.1 Å². The number of hydrogen-bond donors (Lipinski definition) is 0. The number of benzene rings is 1. The van der Waals surface area contributed by atoms with Gasteiger partial charge in [-0.15, -0.1) is 0 Å². The molecule has 1 amide bonds. The Bertz CT molecular complexity index is 415. The minimum atomic E-state index is -0.347. The summed E-state index contributed by atoms with van der Waals surface area (Å²) in [5.74, 6) is -0.419. The summed E-state index contributed by atoms with van der Waals surface area (Å²) in [4.78, 5) is 14.3. The zero-order valence-electron chi connectivity index (χ0n) is 9.75. The Hall–Kier alpha value is -0.900. The van der Waals surface area contributed by atoms with Crippen molar-refractivity contribution < 1.29 is 9.18 Å². The minimum Gasteiger partial charge on any atom is -0.338 e. The third-order valence-electron chi connectivity index (χ3n) is 2.94. The van der Waals surface area contributed by atoms with Crippen LogP contribution >= 0.6 is 15.9 Å². The predicted octanol–water partition coefficient (Wildman–Crippen LogP) is 3.13. The molecule has 0 N–H and O–H groups in total. The van der Waals surface area contributed by atoms with Gasteiger partial charge >= 0.3 is 0 Å². The lowest BCUT2D eigenvalue weighted by Crippen LogP contribution is -2.40. The number of aryl methyl sites for hydroxylation is 1. The summed E-state index contributed by atoms with van der Waals surface area (Å²) in [5.41, 5.74) is 1.23. The number of nitrogens with zero attached hydrogens (tertiary/aromatic N) is 1. The molecule has 0 aromatic heterocycles. The average Bonchev–Trinajstić information content (AvgIpc) is 2.26. The van der Waals surface area contributed by atoms with Gasteiger partial charge < -0.3 is 4.90 Å². The van der Waals surface area contributed by atoms with Crippen molar-refractivity contribution in [2.24, 2.45) is 0 Å². The van der Waals surface area contributed by atoms with Gasteiger partial charge in [0.15, 0.2) is 0 Å². The number of piperidine rings is 1. The van der Waals surface area contributed by atoms with Crippen molar-refractivity contribution in [1.29, 1.82) is 0 Å². The van der Waals surface area contributed by atoms with Gasteiger partial charge in [-0.25, -0.2) is 4.39 Å². The fourth-order valence-corrected chi connectivity index (χ4v) is 2.83. The Morgan fingerprint density at radius 1 is 1.47 bits per heavy atom. The quantitative estimate of drug-likeness (QED) is 0.730. The summed E-state index contributed by atoms with van der Waals surface area (Å²) in [6, 6.07) is 4.48. The lowest BCUT2D eigenvalue weighted by Gasteiger charge is -2.30. The molecule has 1 saturated heterocycles. The minimum absolute atomic E-state index is 0.0725. The summed E-state index contributed by atoms with van der Waals surface area (Å²) in [5, 5.41) is 0. The van der Waals surface area contributed by atoms with Gasteiger partial charge in [0.25, 0.3) is 5.91 Å². The summed E-state index contributed by atoms with van der Waals surface area (Å²) in [6.45, 7) is 3.26. The molecule has 1 aliphatic heterocycles. The lowest BCUT2D eigenvalue weighted by molar-refractivity contribution is 0.0729. The smallest absolute Gasteiger partial charge is 0.254 e. The van der Waals surface area contributed by atoms with Crippen LogP contribution in [0.15, 0.2) is 18.2 Å². The number of amides is 1. The average molecular weight is 300 g/mol. The van der Waals surface area contributed by atoms with Crippen LogP contribution in [0.2, 0.25) is 0 Å². The summed E-state index contributed by atoms with van der Waals surface area (Å²) < 4.78 is 13.3. The zero-order valence-corrected chi connectivity index (χ0v) is 11.3. The Balaban J connectivity index is 2.18. The van der Waals surface area contributed by atoms with E-state index in [9.17, 15) is 9.18 Å². The highest BCUT2D eigenvalue weighted by molar-refractivity contribution is 9.09. The topological polar surface area (TPSA) is 20.3 Å². The Labute approximate surface area is 109 Å². The molecule has 1 aliphatic rings. The van der Waals surface area contributed by atoms with E-state index in [1.54, 1.807) is 17.9 Å². The van der Waals surface area contributed by atoms with E-state index in [0.29, 0.717) is 16.9 Å². The maximum atomic E-state index is 13.3. The molecular weight excluding hydrogens is 285 g/mol. The van der Waals surface area contributed by atoms with Gasteiger partial charge in [-0.2, -0.15) is 0 Å². The van der Waals surface area contributed by atoms with E-state index in [4.69, 9.17) is 0 Å². The van der Waals surface area contributed by atoms with Crippen LogP contribution in [-0.4, -0.2) is 28.7 Å². The van der Waals surface area contributed by atoms with Crippen LogP contribution in [0.1, 0.15) is 28.8 Å². The predicted molar refractivity (Wildman–Crippen MR) is 69.0 cm³/mol. The van der Waals surface area contributed by atoms with Crippen molar-refractivity contribution >= 4 is 21.8 Å². The van der Waals surface area contributed by atoms with E-state index >= 15 is 0 Å². The summed E-state index contributed by atoms with van der Waals surface area (Å²) >= 11 is 3.53. The van der Waals surface area contributed by atoms with E-state index in [1.165, 1.54) is 12.1 Å². The van der Waals surface area contributed by atoms with E-state index in [2.05, 4.69) is 15.9 Å². The molecule has 4 heteroatoms. The molecule has 17 heavy (non-hydrogen) atoms. The van der Waals surface area contributed by atoms with Gasteiger partial charge in [0, 0.05) is 23.5 Å². The fourth-order valence-electron chi connectivity index (χ4n) is 2.15. The van der Waals surface area contributed by atoms with Crippen molar-refractivity contribution in [1.82, 2.24) is 4.90 Å². The molecule has 2 rings (SSSR count). The summed E-state index contributed by atoms with van der Waals surface area (Å²) in [7, 11) is 0. The first-order valence-corrected chi connectivity index (χ1v) is 6.68. The molecule has 1 unspecified atom stereocenters. The van der Waals surface area contributed by atoms with Crippen LogP contribution in [0.3, 0.4) is 0 Å². The summed E-state index contributed by atoms with van der Waals surface area (Å²) in [6.07, 6.45) is 2.09. The van der Waals surface area contributed by atoms with Crippen molar-refractivity contribution in [3.63, 3.8) is 0 Å². The third-order valence-corrected chi connectivity index (χ3v) is 3.69. The van der Waals surface area contributed by atoms with E-state index in [-0.39, 0.29) is 11.7 Å². The number of alkyl halides is 1. The number of likely N-dealkylation sites (tertiary alicyclic amines) is 1. The third kappa shape index (κ3) is 3.06. The first-order valence-electron chi connectivity index (χ1n) is 5.77. The van der Waals surface area contributed by atoms with Crippen molar-refractivity contribution in [3.8, 4) is 0 Å². The molecule has 1 fully saturated rings. The fraction of sp³-hybridized carbons (Fsp3) is 0.462. The molecule has 0 aliphatic carbocycles. The lowest BCUT2D eigenvalue weighted by atomic mass is 10.1. The molecule has 1 heterocycles. The number of halogens is 2. The molecule has 0 spiro atoms. The molecule has 0 bridgehead atoms. The van der Waals surface area contributed by atoms with E-state index < -0.39 is 0 Å². The zero-order chi connectivity index (χ0) is 12.4. The molecule has 0 saturated carbocycles. The van der Waals surface area contributed by atoms with Crippen LogP contribution in [0, 0.1) is 12.7 Å². The first kappa shape index (κ1) is 12.6. The molecule has 1 atom stereocenters. The van der Waals surface area contributed by atoms with Crippen molar-refractivity contribution in [2.45, 2.75) is 24.6 Å². The Morgan fingerprint density at radius 3 is 2.88 bits per heavy atom. The highest BCUT2D eigenvalue weighted by Crippen LogP contribution is 2.19. The first-order chi connectivity index (χ1) is 8.06. The van der Waals surface area contributed by atoms with Crippen LogP contribution in [0.25, 0.3) is 0 Å². The highest BCUT2D eigenvalue weighted by Gasteiger charge is 2.23. The van der Waals surface area contributed by atoms with Gasteiger partial charge in [0.1, 0.15) is 5.82 Å². The monoisotopic (exact) mass is 299 g/mol. The van der Waals surface area contributed by atoms with Gasteiger partial charge in [-0.05, 0) is 43.5 Å². The maximum Gasteiger partial charge on any atom is 0.254 e. The molecule has 0 radical (unpaired) electrons. The van der Waals surface area contributed by atoms with Gasteiger partial charge in [0.05, 0.1) is 0 Å². The number of carbonyl (C=O) groups is 1. The Morgan fingerprint density at radius 2 is 2.24 bits per heavy atom. The second-order valence-electron chi connectivity index (χ2n) is 4.51. The molecule has 1 aromatic rings. The standard InChI is InChI=1S/C13H15BrFNO/c1-9-5-10(7-12(15)6-9)13(17)16-4-2-3-11(14)8-16/h5-7,11H,2-4,8H2,1H3. The van der Waals surface area contributed by atoms with Gasteiger partial charge in [-0.1, -0.05) is 15.9 Å². The van der Waals surface area contributed by atoms with E-state index in [0.717, 1.165) is 24.9 Å². The van der Waals surface area contributed by atoms with Gasteiger partial charge in [0.2, 0.25) is 0 Å². The second kappa shape index (κ2) is 5.17. The molecule has 2 nitrogen and oxygen atoms in total. The highest BCUT2D eigenvalue weighted by atomic mass is 79.9. The number of hydrogen-bond acceptors (Lipinski definition) is 1. The Kier molecular flexibility index (Phi) is 3.82. The second-order valence-corrected chi connectivity index (χ2v) is 5.80. The molecule has 92 valence electrons. The SMILES string of the molecule is Cc1cc(F)cc(C(=O)N2CCCC(Br)C2)c1. The van der Waals surface area contributed by atoms with Crippen LogP contribution in [0.5, 0.6) is 0 Å². The van der Waals surface area contributed by atoms with Crippen LogP contribution < -0.4 is 0 Å². The molecule has 1 aromatic carbocycles. The van der Waals surface area contributed by atoms with E-state index in [1.807, 2.05) is 0 Å². The van der Waals surface area contributed by atoms with Crippen LogP contribution in [0.4, 0.5) is 4.39 Å². The van der Waals surface area contributed by atoms with Gasteiger partial charge in [-0.3, -0.25) is 4.79 Å². The molecular formula is C13H15BrFNO. The maximum absolute atomic E-state index is 13.3. The number of carbonyl (C=O) groups excluding carboxylic acids is 1.